The zero-order chi connectivity index (χ0) is 33.3. The number of hydrogen-bond donors (Lipinski definition) is 0. The molecule has 0 saturated carbocycles. The van der Waals surface area contributed by atoms with Gasteiger partial charge in [-0.05, 0) is 84.5 Å². The molecular formula is C47H36N3+. The highest BCUT2D eigenvalue weighted by Crippen LogP contribution is 2.46. The summed E-state index contributed by atoms with van der Waals surface area (Å²) in [5, 5.41) is 5.21. The molecule has 0 N–H and O–H groups in total. The predicted molar refractivity (Wildman–Crippen MR) is 207 cm³/mol. The molecule has 1 unspecified atom stereocenters. The summed E-state index contributed by atoms with van der Waals surface area (Å²) in [7, 11) is 0. The topological polar surface area (TPSA) is 21.2 Å². The van der Waals surface area contributed by atoms with Crippen LogP contribution in [0.15, 0.2) is 158 Å². The Hall–Kier alpha value is -6.06. The normalized spacial score (nSPS) is 14.5. The van der Waals surface area contributed by atoms with Crippen molar-refractivity contribution in [2.45, 2.75) is 32.7 Å². The minimum Gasteiger partial charge on any atom is -0.308 e. The standard InChI is InChI=1S/C47H36N3/c1-30-13-6-7-16-35(30)44-20-10-11-22-49(44)29-32-24-34(25-32)39-27-46-41(38-19-12-18-37-36-17-8-9-21-45(36)50(46)47(37)38)26-40(39)43-23-31(2)42(28-48-43)33-14-4-3-5-15-33/h3-24,26-28,34H,25,29H2,1-2H3/q+1. The first kappa shape index (κ1) is 28.9. The first-order valence-corrected chi connectivity index (χ1v) is 17.6. The van der Waals surface area contributed by atoms with Crippen LogP contribution in [0.2, 0.25) is 0 Å². The fourth-order valence-corrected chi connectivity index (χ4v) is 8.43. The molecule has 5 aromatic carbocycles. The van der Waals surface area contributed by atoms with Crippen molar-refractivity contribution in [3.63, 3.8) is 0 Å². The average molecular weight is 643 g/mol. The quantitative estimate of drug-likeness (QED) is 0.131. The van der Waals surface area contributed by atoms with Crippen LogP contribution in [0.1, 0.15) is 29.0 Å². The second-order valence-corrected chi connectivity index (χ2v) is 13.9. The summed E-state index contributed by atoms with van der Waals surface area (Å²) >= 11 is 0. The Labute approximate surface area is 291 Å². The Kier molecular flexibility index (Phi) is 6.50. The molecule has 4 heterocycles. The van der Waals surface area contributed by atoms with Crippen LogP contribution in [-0.2, 0) is 6.54 Å². The van der Waals surface area contributed by atoms with Gasteiger partial charge in [0.1, 0.15) is 0 Å². The molecule has 238 valence electrons. The molecule has 3 nitrogen and oxygen atoms in total. The fourth-order valence-electron chi connectivity index (χ4n) is 8.43. The molecular weight excluding hydrogens is 607 g/mol. The molecule has 3 heteroatoms. The minimum atomic E-state index is 0.313. The number of aryl methyl sites for hydroxylation is 2. The van der Waals surface area contributed by atoms with Crippen molar-refractivity contribution in [2.75, 3.05) is 0 Å². The lowest BCUT2D eigenvalue weighted by Crippen LogP contribution is -2.38. The zero-order valence-corrected chi connectivity index (χ0v) is 28.3. The number of fused-ring (bicyclic) bond motifs is 6. The lowest BCUT2D eigenvalue weighted by atomic mass is 9.78. The van der Waals surface area contributed by atoms with E-state index in [-0.39, 0.29) is 0 Å². The molecule has 4 aromatic heterocycles. The van der Waals surface area contributed by atoms with Gasteiger partial charge in [0.2, 0.25) is 5.69 Å². The lowest BCUT2D eigenvalue weighted by molar-refractivity contribution is -0.678. The first-order valence-electron chi connectivity index (χ1n) is 17.6. The van der Waals surface area contributed by atoms with E-state index in [1.807, 2.05) is 0 Å². The van der Waals surface area contributed by atoms with Gasteiger partial charge in [-0.2, -0.15) is 4.57 Å². The molecule has 9 aromatic rings. The van der Waals surface area contributed by atoms with Crippen molar-refractivity contribution in [2.24, 2.45) is 0 Å². The molecule has 0 fully saturated rings. The summed E-state index contributed by atoms with van der Waals surface area (Å²) < 4.78 is 4.90. The van der Waals surface area contributed by atoms with E-state index in [2.05, 4.69) is 175 Å². The predicted octanol–water partition coefficient (Wildman–Crippen LogP) is 11.3. The SMILES string of the molecule is Cc1cc(-c2cc3c4cccc5c6ccccc6n(c3cc2C2C=C(C[n+]3ccccc3-c3ccccc3C)C2)c54)ncc1-c1ccccc1. The van der Waals surface area contributed by atoms with Gasteiger partial charge >= 0.3 is 0 Å². The van der Waals surface area contributed by atoms with Crippen molar-refractivity contribution in [1.82, 2.24) is 9.38 Å². The zero-order valence-electron chi connectivity index (χ0n) is 28.3. The maximum absolute atomic E-state index is 5.16. The van der Waals surface area contributed by atoms with Gasteiger partial charge in [-0.3, -0.25) is 4.98 Å². The Morgan fingerprint density at radius 3 is 2.22 bits per heavy atom. The first-order chi connectivity index (χ1) is 24.6. The third-order valence-electron chi connectivity index (χ3n) is 10.9. The Morgan fingerprint density at radius 1 is 0.640 bits per heavy atom. The van der Waals surface area contributed by atoms with E-state index in [1.165, 1.54) is 88.3 Å². The van der Waals surface area contributed by atoms with E-state index in [4.69, 9.17) is 4.98 Å². The second kappa shape index (κ2) is 11.2. The second-order valence-electron chi connectivity index (χ2n) is 13.9. The Morgan fingerprint density at radius 2 is 1.38 bits per heavy atom. The third kappa shape index (κ3) is 4.43. The van der Waals surface area contributed by atoms with Crippen LogP contribution in [0.5, 0.6) is 0 Å². The van der Waals surface area contributed by atoms with Crippen LogP contribution in [-0.4, -0.2) is 9.38 Å². The van der Waals surface area contributed by atoms with E-state index >= 15 is 0 Å². The monoisotopic (exact) mass is 642 g/mol. The largest absolute Gasteiger partial charge is 0.308 e. The molecule has 0 spiro atoms. The number of pyridine rings is 2. The number of aromatic nitrogens is 3. The van der Waals surface area contributed by atoms with Crippen LogP contribution in [0, 0.1) is 13.8 Å². The van der Waals surface area contributed by atoms with Gasteiger partial charge in [0.05, 0.1) is 22.2 Å². The molecule has 0 amide bonds. The van der Waals surface area contributed by atoms with Crippen molar-refractivity contribution >= 4 is 38.1 Å². The van der Waals surface area contributed by atoms with Crippen molar-refractivity contribution < 1.29 is 4.57 Å². The van der Waals surface area contributed by atoms with E-state index in [9.17, 15) is 0 Å². The van der Waals surface area contributed by atoms with Crippen molar-refractivity contribution in [1.29, 1.82) is 0 Å². The molecule has 50 heavy (non-hydrogen) atoms. The molecule has 0 radical (unpaired) electrons. The average Bonchev–Trinajstić information content (AvgIpc) is 3.65. The van der Waals surface area contributed by atoms with Crippen LogP contribution in [0.25, 0.3) is 71.7 Å². The number of nitrogens with zero attached hydrogens (tertiary/aromatic N) is 3. The molecule has 0 bridgehead atoms. The summed E-state index contributed by atoms with van der Waals surface area (Å²) in [6.07, 6.45) is 7.81. The Balaban J connectivity index is 1.13. The fraction of sp³-hybridized carbons (Fsp3) is 0.106. The highest BCUT2D eigenvalue weighted by molar-refractivity contribution is 6.23. The number of allylic oxidation sites excluding steroid dienone is 2. The molecule has 10 rings (SSSR count). The van der Waals surface area contributed by atoms with Gasteiger partial charge in [-0.25, -0.2) is 0 Å². The van der Waals surface area contributed by atoms with E-state index in [0.29, 0.717) is 5.92 Å². The molecule has 1 atom stereocenters. The van der Waals surface area contributed by atoms with Gasteiger partial charge in [0, 0.05) is 62.5 Å². The van der Waals surface area contributed by atoms with Crippen LogP contribution < -0.4 is 4.57 Å². The third-order valence-corrected chi connectivity index (χ3v) is 10.9. The highest BCUT2D eigenvalue weighted by atomic mass is 15.0. The van der Waals surface area contributed by atoms with Crippen LogP contribution >= 0.6 is 0 Å². The maximum Gasteiger partial charge on any atom is 0.213 e. The number of rotatable bonds is 6. The lowest BCUT2D eigenvalue weighted by Gasteiger charge is -2.27. The van der Waals surface area contributed by atoms with E-state index in [1.54, 1.807) is 0 Å². The number of para-hydroxylation sites is 2. The summed E-state index contributed by atoms with van der Waals surface area (Å²) in [5.41, 5.74) is 16.4. The van der Waals surface area contributed by atoms with Gasteiger partial charge in [0.25, 0.3) is 0 Å². The summed E-state index contributed by atoms with van der Waals surface area (Å²) in [6, 6.07) is 48.6. The van der Waals surface area contributed by atoms with Crippen LogP contribution in [0.4, 0.5) is 0 Å². The van der Waals surface area contributed by atoms with Gasteiger partial charge < -0.3 is 4.40 Å². The minimum absolute atomic E-state index is 0.313. The van der Waals surface area contributed by atoms with Gasteiger partial charge in [0.15, 0.2) is 12.7 Å². The molecule has 1 aliphatic carbocycles. The Bertz CT molecular complexity index is 2790. The summed E-state index contributed by atoms with van der Waals surface area (Å²) in [6.45, 7) is 5.30. The molecule has 1 aliphatic rings. The van der Waals surface area contributed by atoms with Gasteiger partial charge in [-0.1, -0.05) is 91.0 Å². The number of benzene rings is 5. The van der Waals surface area contributed by atoms with Gasteiger partial charge in [-0.15, -0.1) is 0 Å². The smallest absolute Gasteiger partial charge is 0.213 e. The highest BCUT2D eigenvalue weighted by Gasteiger charge is 2.29. The molecule has 0 aliphatic heterocycles. The van der Waals surface area contributed by atoms with Crippen molar-refractivity contribution in [3.05, 3.63) is 174 Å². The maximum atomic E-state index is 5.16. The summed E-state index contributed by atoms with van der Waals surface area (Å²) in [4.78, 5) is 5.16. The number of hydrogen-bond acceptors (Lipinski definition) is 1. The van der Waals surface area contributed by atoms with E-state index in [0.717, 1.165) is 18.7 Å². The summed E-state index contributed by atoms with van der Waals surface area (Å²) in [5.74, 6) is 0.313. The van der Waals surface area contributed by atoms with E-state index < -0.39 is 0 Å². The molecule has 0 saturated heterocycles. The van der Waals surface area contributed by atoms with Crippen LogP contribution in [0.3, 0.4) is 0 Å². The van der Waals surface area contributed by atoms with Crippen molar-refractivity contribution in [3.8, 4) is 33.6 Å².